The van der Waals surface area contributed by atoms with E-state index in [4.69, 9.17) is 11.6 Å². The largest absolute Gasteiger partial charge is 0.321 e. The van der Waals surface area contributed by atoms with Crippen molar-refractivity contribution in [3.8, 4) is 0 Å². The third kappa shape index (κ3) is 2.72. The molecule has 0 spiro atoms. The van der Waals surface area contributed by atoms with Crippen LogP contribution in [0.3, 0.4) is 0 Å². The lowest BCUT2D eigenvalue weighted by Crippen LogP contribution is -2.12. The maximum Gasteiger partial charge on any atom is 0.261 e. The van der Waals surface area contributed by atoms with Crippen LogP contribution in [0.2, 0.25) is 5.02 Å². The van der Waals surface area contributed by atoms with E-state index in [0.717, 1.165) is 4.90 Å². The Balaban J connectivity index is 1.95. The van der Waals surface area contributed by atoms with Crippen LogP contribution < -0.4 is 5.32 Å². The molecule has 0 aliphatic carbocycles. The number of anilines is 1. The van der Waals surface area contributed by atoms with Gasteiger partial charge in [-0.25, -0.2) is 9.50 Å². The lowest BCUT2D eigenvalue weighted by Gasteiger charge is -2.09. The Hall–Kier alpha value is -2.05. The molecule has 0 unspecified atom stereocenters. The number of nitrogens with one attached hydrogen (secondary N) is 1. The Labute approximate surface area is 130 Å². The number of rotatable bonds is 3. The van der Waals surface area contributed by atoms with Gasteiger partial charge < -0.3 is 5.32 Å². The normalized spacial score (nSPS) is 10.8. The summed E-state index contributed by atoms with van der Waals surface area (Å²) in [6.45, 7) is 0. The topological polar surface area (TPSA) is 59.3 Å². The fraction of sp³-hybridized carbons (Fsp3) is 0.0714. The van der Waals surface area contributed by atoms with Crippen molar-refractivity contribution < 1.29 is 4.79 Å². The summed E-state index contributed by atoms with van der Waals surface area (Å²) in [5.41, 5.74) is 1.61. The highest BCUT2D eigenvalue weighted by Gasteiger charge is 2.15. The van der Waals surface area contributed by atoms with Crippen LogP contribution in [0.4, 0.5) is 5.69 Å². The SMILES string of the molecule is CSc1ccc(Cl)cc1NC(=O)c1cnn2cccnc12. The smallest absolute Gasteiger partial charge is 0.261 e. The molecule has 2 aromatic heterocycles. The Bertz CT molecular complexity index is 818. The van der Waals surface area contributed by atoms with Gasteiger partial charge in [-0.1, -0.05) is 11.6 Å². The number of benzene rings is 1. The van der Waals surface area contributed by atoms with Crippen molar-refractivity contribution in [2.24, 2.45) is 0 Å². The van der Waals surface area contributed by atoms with Gasteiger partial charge >= 0.3 is 0 Å². The summed E-state index contributed by atoms with van der Waals surface area (Å²) in [7, 11) is 0. The molecule has 0 fully saturated rings. The van der Waals surface area contributed by atoms with Gasteiger partial charge in [0, 0.05) is 22.3 Å². The van der Waals surface area contributed by atoms with Crippen LogP contribution in [0.15, 0.2) is 47.8 Å². The van der Waals surface area contributed by atoms with Crippen LogP contribution in [0.5, 0.6) is 0 Å². The molecule has 3 aromatic rings. The summed E-state index contributed by atoms with van der Waals surface area (Å²) in [6.07, 6.45) is 6.81. The zero-order valence-electron chi connectivity index (χ0n) is 11.1. The number of halogens is 1. The van der Waals surface area contributed by atoms with E-state index in [9.17, 15) is 4.79 Å². The number of fused-ring (bicyclic) bond motifs is 1. The second kappa shape index (κ2) is 5.75. The van der Waals surface area contributed by atoms with Gasteiger partial charge in [0.25, 0.3) is 5.91 Å². The first-order valence-corrected chi connectivity index (χ1v) is 7.72. The van der Waals surface area contributed by atoms with E-state index in [1.807, 2.05) is 12.3 Å². The van der Waals surface area contributed by atoms with Crippen molar-refractivity contribution in [2.45, 2.75) is 4.90 Å². The molecule has 0 saturated carbocycles. The molecule has 2 heterocycles. The third-order valence-electron chi connectivity index (χ3n) is 2.93. The monoisotopic (exact) mass is 318 g/mol. The van der Waals surface area contributed by atoms with E-state index in [1.54, 1.807) is 35.1 Å². The van der Waals surface area contributed by atoms with Crippen LogP contribution in [-0.4, -0.2) is 26.8 Å². The highest BCUT2D eigenvalue weighted by molar-refractivity contribution is 7.98. The first-order valence-electron chi connectivity index (χ1n) is 6.12. The maximum absolute atomic E-state index is 12.4. The Morgan fingerprint density at radius 1 is 1.43 bits per heavy atom. The van der Waals surface area contributed by atoms with Crippen molar-refractivity contribution in [3.05, 3.63) is 53.4 Å². The molecular formula is C14H11ClN4OS. The van der Waals surface area contributed by atoms with Crippen molar-refractivity contribution in [3.63, 3.8) is 0 Å². The minimum absolute atomic E-state index is 0.263. The van der Waals surface area contributed by atoms with Gasteiger partial charge in [0.05, 0.1) is 11.9 Å². The zero-order chi connectivity index (χ0) is 14.8. The molecule has 3 rings (SSSR count). The molecule has 7 heteroatoms. The third-order valence-corrected chi connectivity index (χ3v) is 3.96. The van der Waals surface area contributed by atoms with Crippen LogP contribution in [0, 0.1) is 0 Å². The van der Waals surface area contributed by atoms with E-state index in [0.29, 0.717) is 21.9 Å². The number of hydrogen-bond donors (Lipinski definition) is 1. The van der Waals surface area contributed by atoms with Gasteiger partial charge in [-0.15, -0.1) is 11.8 Å². The molecule has 1 N–H and O–H groups in total. The molecular weight excluding hydrogens is 308 g/mol. The average Bonchev–Trinajstić information content (AvgIpc) is 2.91. The molecule has 0 radical (unpaired) electrons. The molecule has 21 heavy (non-hydrogen) atoms. The van der Waals surface area contributed by atoms with Crippen LogP contribution in [0.1, 0.15) is 10.4 Å². The summed E-state index contributed by atoms with van der Waals surface area (Å²) < 4.78 is 1.56. The quantitative estimate of drug-likeness (QED) is 0.752. The molecule has 0 bridgehead atoms. The van der Waals surface area contributed by atoms with E-state index < -0.39 is 0 Å². The minimum atomic E-state index is -0.263. The highest BCUT2D eigenvalue weighted by atomic mass is 35.5. The summed E-state index contributed by atoms with van der Waals surface area (Å²) in [6, 6.07) is 7.14. The summed E-state index contributed by atoms with van der Waals surface area (Å²) in [4.78, 5) is 17.5. The number of amides is 1. The van der Waals surface area contributed by atoms with Crippen molar-refractivity contribution >= 4 is 40.6 Å². The maximum atomic E-state index is 12.4. The summed E-state index contributed by atoms with van der Waals surface area (Å²) in [5, 5.41) is 7.53. The second-order valence-corrected chi connectivity index (χ2v) is 5.53. The molecule has 1 amide bonds. The van der Waals surface area contributed by atoms with Gasteiger partial charge in [0.2, 0.25) is 0 Å². The number of carbonyl (C=O) groups is 1. The first kappa shape index (κ1) is 13.9. The van der Waals surface area contributed by atoms with E-state index >= 15 is 0 Å². The molecule has 1 aromatic carbocycles. The number of carbonyl (C=O) groups excluding carboxylic acids is 1. The van der Waals surface area contributed by atoms with Gasteiger partial charge in [-0.2, -0.15) is 5.10 Å². The fourth-order valence-corrected chi connectivity index (χ4v) is 2.66. The van der Waals surface area contributed by atoms with Crippen LogP contribution >= 0.6 is 23.4 Å². The van der Waals surface area contributed by atoms with Gasteiger partial charge in [0.1, 0.15) is 5.56 Å². The fourth-order valence-electron chi connectivity index (χ4n) is 1.95. The standard InChI is InChI=1S/C14H11ClN4OS/c1-21-12-4-3-9(15)7-11(12)18-14(20)10-8-17-19-6-2-5-16-13(10)19/h2-8H,1H3,(H,18,20). The Morgan fingerprint density at radius 2 is 2.29 bits per heavy atom. The minimum Gasteiger partial charge on any atom is -0.321 e. The lowest BCUT2D eigenvalue weighted by molar-refractivity contribution is 0.102. The molecule has 0 aliphatic rings. The predicted molar refractivity (Wildman–Crippen MR) is 84.2 cm³/mol. The highest BCUT2D eigenvalue weighted by Crippen LogP contribution is 2.28. The predicted octanol–water partition coefficient (Wildman–Crippen LogP) is 3.36. The van der Waals surface area contributed by atoms with Gasteiger partial charge in [-0.05, 0) is 30.5 Å². The molecule has 0 atom stereocenters. The zero-order valence-corrected chi connectivity index (χ0v) is 12.6. The van der Waals surface area contributed by atoms with E-state index in [-0.39, 0.29) is 5.91 Å². The number of thioether (sulfide) groups is 1. The summed E-state index contributed by atoms with van der Waals surface area (Å²) >= 11 is 7.52. The van der Waals surface area contributed by atoms with Crippen LogP contribution in [0.25, 0.3) is 5.65 Å². The second-order valence-electron chi connectivity index (χ2n) is 4.24. The molecule has 0 aliphatic heterocycles. The first-order chi connectivity index (χ1) is 10.2. The molecule has 0 saturated heterocycles. The molecule has 5 nitrogen and oxygen atoms in total. The number of hydrogen-bond acceptors (Lipinski definition) is 4. The number of aromatic nitrogens is 3. The van der Waals surface area contributed by atoms with E-state index in [1.165, 1.54) is 18.0 Å². The van der Waals surface area contributed by atoms with Gasteiger partial charge in [0.15, 0.2) is 5.65 Å². The Morgan fingerprint density at radius 3 is 3.10 bits per heavy atom. The summed E-state index contributed by atoms with van der Waals surface area (Å²) in [5.74, 6) is -0.263. The van der Waals surface area contributed by atoms with Crippen molar-refractivity contribution in [2.75, 3.05) is 11.6 Å². The Kier molecular flexibility index (Phi) is 3.81. The average molecular weight is 319 g/mol. The lowest BCUT2D eigenvalue weighted by atomic mass is 10.2. The van der Waals surface area contributed by atoms with Crippen molar-refractivity contribution in [1.29, 1.82) is 0 Å². The molecule has 106 valence electrons. The number of nitrogens with zero attached hydrogens (tertiary/aromatic N) is 3. The van der Waals surface area contributed by atoms with Gasteiger partial charge in [-0.3, -0.25) is 4.79 Å². The van der Waals surface area contributed by atoms with Crippen molar-refractivity contribution in [1.82, 2.24) is 14.6 Å². The van der Waals surface area contributed by atoms with Crippen LogP contribution in [-0.2, 0) is 0 Å². The van der Waals surface area contributed by atoms with E-state index in [2.05, 4.69) is 15.4 Å².